The fourth-order valence-electron chi connectivity index (χ4n) is 3.28. The third-order valence-corrected chi connectivity index (χ3v) is 4.54. The average molecular weight is 301 g/mol. The second kappa shape index (κ2) is 8.02. The fourth-order valence-corrected chi connectivity index (χ4v) is 3.28. The minimum absolute atomic E-state index is 0.227. The zero-order chi connectivity index (χ0) is 15.9. The lowest BCUT2D eigenvalue weighted by molar-refractivity contribution is -0.120. The highest BCUT2D eigenvalue weighted by molar-refractivity contribution is 5.95. The molecule has 2 rings (SSSR count). The molecule has 0 spiro atoms. The molecule has 2 unspecified atom stereocenters. The lowest BCUT2D eigenvalue weighted by atomic mass is 9.85. The molecule has 2 atom stereocenters. The van der Waals surface area contributed by atoms with Crippen molar-refractivity contribution in [2.45, 2.75) is 51.5 Å². The van der Waals surface area contributed by atoms with E-state index in [0.717, 1.165) is 30.7 Å². The molecule has 0 radical (unpaired) electrons. The number of methoxy groups -OCH3 is 1. The molecule has 120 valence electrons. The Bertz CT molecular complexity index is 495. The van der Waals surface area contributed by atoms with Crippen LogP contribution in [0.3, 0.4) is 0 Å². The molecule has 0 N–H and O–H groups in total. The smallest absolute Gasteiger partial charge is 0.227 e. The molecule has 1 aliphatic rings. The number of benzene rings is 1. The van der Waals surface area contributed by atoms with Crippen LogP contribution in [0.2, 0.25) is 0 Å². The molecule has 3 heteroatoms. The van der Waals surface area contributed by atoms with Crippen LogP contribution in [0.15, 0.2) is 36.9 Å². The Morgan fingerprint density at radius 2 is 2.05 bits per heavy atom. The summed E-state index contributed by atoms with van der Waals surface area (Å²) in [5.41, 5.74) is 0.971. The molecule has 0 bridgehead atoms. The molecular formula is C19H27NO2. The zero-order valence-corrected chi connectivity index (χ0v) is 13.8. The number of ether oxygens (including phenoxy) is 1. The number of carbonyl (C=O) groups is 1. The molecule has 1 fully saturated rings. The number of rotatable bonds is 7. The van der Waals surface area contributed by atoms with Gasteiger partial charge in [-0.05, 0) is 43.0 Å². The second-order valence-corrected chi connectivity index (χ2v) is 5.96. The van der Waals surface area contributed by atoms with E-state index in [0.29, 0.717) is 12.3 Å². The van der Waals surface area contributed by atoms with E-state index in [1.807, 2.05) is 35.2 Å². The number of piperidine rings is 1. The van der Waals surface area contributed by atoms with E-state index in [2.05, 4.69) is 13.5 Å². The third kappa shape index (κ3) is 3.70. The van der Waals surface area contributed by atoms with Crippen LogP contribution in [0, 0.1) is 5.92 Å². The molecule has 1 saturated heterocycles. The van der Waals surface area contributed by atoms with Crippen molar-refractivity contribution in [1.29, 1.82) is 0 Å². The summed E-state index contributed by atoms with van der Waals surface area (Å²) in [6, 6.07) is 8.04. The molecule has 3 nitrogen and oxygen atoms in total. The summed E-state index contributed by atoms with van der Waals surface area (Å²) in [6.45, 7) is 6.19. The summed E-state index contributed by atoms with van der Waals surface area (Å²) < 4.78 is 5.21. The van der Waals surface area contributed by atoms with Gasteiger partial charge in [0.25, 0.3) is 0 Å². The van der Waals surface area contributed by atoms with Crippen LogP contribution in [0.4, 0.5) is 5.69 Å². The predicted molar refractivity (Wildman–Crippen MR) is 91.3 cm³/mol. The fraction of sp³-hybridized carbons (Fsp3) is 0.526. The summed E-state index contributed by atoms with van der Waals surface area (Å²) in [5.74, 6) is 1.43. The van der Waals surface area contributed by atoms with Crippen molar-refractivity contribution < 1.29 is 9.53 Å². The maximum absolute atomic E-state index is 12.5. The molecule has 0 saturated carbocycles. The van der Waals surface area contributed by atoms with Gasteiger partial charge in [-0.1, -0.05) is 32.3 Å². The molecule has 1 amide bonds. The monoisotopic (exact) mass is 301 g/mol. The number of amides is 1. The van der Waals surface area contributed by atoms with Crippen LogP contribution in [0.5, 0.6) is 5.75 Å². The first-order valence-corrected chi connectivity index (χ1v) is 8.30. The SMILES string of the molecule is C=CC1CCC(=O)N(c2ccc(OC)cc2)C1CCCCC. The van der Waals surface area contributed by atoms with E-state index in [-0.39, 0.29) is 11.9 Å². The molecule has 0 aromatic heterocycles. The highest BCUT2D eigenvalue weighted by Crippen LogP contribution is 2.33. The summed E-state index contributed by atoms with van der Waals surface area (Å²) in [7, 11) is 1.66. The number of unbranched alkanes of at least 4 members (excludes halogenated alkanes) is 2. The predicted octanol–water partition coefficient (Wildman–Crippen LogP) is 4.57. The van der Waals surface area contributed by atoms with Gasteiger partial charge in [0.15, 0.2) is 0 Å². The third-order valence-electron chi connectivity index (χ3n) is 4.54. The second-order valence-electron chi connectivity index (χ2n) is 5.96. The van der Waals surface area contributed by atoms with Gasteiger partial charge < -0.3 is 9.64 Å². The highest BCUT2D eigenvalue weighted by Gasteiger charge is 2.34. The summed E-state index contributed by atoms with van der Waals surface area (Å²) in [5, 5.41) is 0. The first kappa shape index (κ1) is 16.6. The Balaban J connectivity index is 2.23. The quantitative estimate of drug-likeness (QED) is 0.545. The van der Waals surface area contributed by atoms with Crippen molar-refractivity contribution in [1.82, 2.24) is 0 Å². The van der Waals surface area contributed by atoms with E-state index in [1.54, 1.807) is 7.11 Å². The standard InChI is InChI=1S/C19H27NO2/c1-4-6-7-8-18-15(5-2)9-14-19(21)20(18)16-10-12-17(22-3)13-11-16/h5,10-13,15,18H,2,4,6-9,14H2,1,3H3. The normalized spacial score (nSPS) is 21.7. The van der Waals surface area contributed by atoms with Crippen molar-refractivity contribution in [2.75, 3.05) is 12.0 Å². The van der Waals surface area contributed by atoms with Gasteiger partial charge in [-0.25, -0.2) is 0 Å². The molecular weight excluding hydrogens is 274 g/mol. The Hall–Kier alpha value is -1.77. The Morgan fingerprint density at radius 1 is 1.32 bits per heavy atom. The number of anilines is 1. The minimum atomic E-state index is 0.227. The number of hydrogen-bond donors (Lipinski definition) is 0. The number of carbonyl (C=O) groups excluding carboxylic acids is 1. The van der Waals surface area contributed by atoms with E-state index in [9.17, 15) is 4.79 Å². The molecule has 1 aliphatic heterocycles. The van der Waals surface area contributed by atoms with Crippen molar-refractivity contribution in [3.05, 3.63) is 36.9 Å². The highest BCUT2D eigenvalue weighted by atomic mass is 16.5. The summed E-state index contributed by atoms with van der Waals surface area (Å²) in [4.78, 5) is 14.5. The van der Waals surface area contributed by atoms with Gasteiger partial charge in [0.05, 0.1) is 7.11 Å². The maximum Gasteiger partial charge on any atom is 0.227 e. The van der Waals surface area contributed by atoms with Gasteiger partial charge in [0.1, 0.15) is 5.75 Å². The molecule has 1 aromatic rings. The molecule has 1 aromatic carbocycles. The van der Waals surface area contributed by atoms with Crippen molar-refractivity contribution >= 4 is 11.6 Å². The Labute approximate surface area is 134 Å². The Morgan fingerprint density at radius 3 is 2.64 bits per heavy atom. The number of hydrogen-bond acceptors (Lipinski definition) is 2. The lowest BCUT2D eigenvalue weighted by Crippen LogP contribution is -2.48. The van der Waals surface area contributed by atoms with Gasteiger partial charge in [0.2, 0.25) is 5.91 Å². The first-order valence-electron chi connectivity index (χ1n) is 8.30. The first-order chi connectivity index (χ1) is 10.7. The van der Waals surface area contributed by atoms with E-state index in [4.69, 9.17) is 4.74 Å². The van der Waals surface area contributed by atoms with Gasteiger partial charge in [-0.2, -0.15) is 0 Å². The maximum atomic E-state index is 12.5. The van der Waals surface area contributed by atoms with Gasteiger partial charge in [-0.15, -0.1) is 6.58 Å². The van der Waals surface area contributed by atoms with Gasteiger partial charge in [0, 0.05) is 18.2 Å². The van der Waals surface area contributed by atoms with Crippen LogP contribution < -0.4 is 9.64 Å². The van der Waals surface area contributed by atoms with Gasteiger partial charge >= 0.3 is 0 Å². The van der Waals surface area contributed by atoms with E-state index >= 15 is 0 Å². The van der Waals surface area contributed by atoms with Crippen molar-refractivity contribution in [2.24, 2.45) is 5.92 Å². The van der Waals surface area contributed by atoms with Crippen LogP contribution in [0.1, 0.15) is 45.4 Å². The summed E-state index contributed by atoms with van der Waals surface area (Å²) >= 11 is 0. The number of nitrogens with zero attached hydrogens (tertiary/aromatic N) is 1. The molecule has 0 aliphatic carbocycles. The Kier molecular flexibility index (Phi) is 6.05. The van der Waals surface area contributed by atoms with E-state index in [1.165, 1.54) is 12.8 Å². The molecule has 1 heterocycles. The van der Waals surface area contributed by atoms with Crippen LogP contribution in [-0.2, 0) is 4.79 Å². The van der Waals surface area contributed by atoms with Crippen LogP contribution in [0.25, 0.3) is 0 Å². The van der Waals surface area contributed by atoms with Crippen LogP contribution >= 0.6 is 0 Å². The van der Waals surface area contributed by atoms with Crippen LogP contribution in [-0.4, -0.2) is 19.1 Å². The average Bonchev–Trinajstić information content (AvgIpc) is 2.55. The molecule has 22 heavy (non-hydrogen) atoms. The minimum Gasteiger partial charge on any atom is -0.497 e. The van der Waals surface area contributed by atoms with Gasteiger partial charge in [-0.3, -0.25) is 4.79 Å². The topological polar surface area (TPSA) is 29.5 Å². The van der Waals surface area contributed by atoms with E-state index < -0.39 is 0 Å². The van der Waals surface area contributed by atoms with Crippen molar-refractivity contribution in [3.63, 3.8) is 0 Å². The summed E-state index contributed by atoms with van der Waals surface area (Å²) in [6.07, 6.45) is 8.17. The zero-order valence-electron chi connectivity index (χ0n) is 13.8. The largest absolute Gasteiger partial charge is 0.497 e. The lowest BCUT2D eigenvalue weighted by Gasteiger charge is -2.40. The van der Waals surface area contributed by atoms with Crippen molar-refractivity contribution in [3.8, 4) is 5.75 Å².